The van der Waals surface area contributed by atoms with Gasteiger partial charge in [0.25, 0.3) is 11.7 Å². The molecular formula is C29H29N3O4. The van der Waals surface area contributed by atoms with Crippen molar-refractivity contribution in [2.45, 2.75) is 46.1 Å². The topological polar surface area (TPSA) is 99.6 Å². The van der Waals surface area contributed by atoms with Crippen molar-refractivity contribution in [1.82, 2.24) is 4.98 Å². The predicted octanol–water partition coefficient (Wildman–Crippen LogP) is 5.27. The highest BCUT2D eigenvalue weighted by Crippen LogP contribution is 2.43. The van der Waals surface area contributed by atoms with Gasteiger partial charge >= 0.3 is 0 Å². The smallest absolute Gasteiger partial charge is 0.300 e. The number of pyridine rings is 1. The Morgan fingerprint density at radius 2 is 1.64 bits per heavy atom. The minimum Gasteiger partial charge on any atom is -0.507 e. The number of hydrogen-bond donors (Lipinski definition) is 2. The molecule has 0 bridgehead atoms. The summed E-state index contributed by atoms with van der Waals surface area (Å²) in [7, 11) is 0. The number of aliphatic hydroxyl groups excluding tert-OH is 1. The Morgan fingerprint density at radius 1 is 1.00 bits per heavy atom. The van der Waals surface area contributed by atoms with Crippen molar-refractivity contribution in [3.05, 3.63) is 94.8 Å². The first-order chi connectivity index (χ1) is 17.0. The molecule has 1 aliphatic rings. The van der Waals surface area contributed by atoms with E-state index in [0.717, 1.165) is 11.1 Å². The quantitative estimate of drug-likeness (QED) is 0.299. The number of carbonyl (C=O) groups is 3. The molecule has 1 aliphatic heterocycles. The number of benzene rings is 2. The molecular weight excluding hydrogens is 454 g/mol. The molecule has 1 saturated heterocycles. The maximum absolute atomic E-state index is 13.4. The standard InChI is InChI=1S/C29H29N3O4/c1-17-6-7-20(29(3,4)5)16-23(17)26(34)24-25(19-12-14-30-15-13-19)32(28(36)27(24)35)22-10-8-21(9-11-22)31-18(2)33/h6-16,25,34H,1-5H3,(H,31,33)/b26-24+. The number of carbonyl (C=O) groups excluding carboxylic acids is 3. The van der Waals surface area contributed by atoms with E-state index in [9.17, 15) is 19.5 Å². The molecule has 0 spiro atoms. The molecule has 2 N–H and O–H groups in total. The molecule has 1 fully saturated rings. The van der Waals surface area contributed by atoms with Gasteiger partial charge in [-0.25, -0.2) is 0 Å². The van der Waals surface area contributed by atoms with Crippen LogP contribution in [0.2, 0.25) is 0 Å². The molecule has 1 unspecified atom stereocenters. The summed E-state index contributed by atoms with van der Waals surface area (Å²) in [5, 5.41) is 14.2. The molecule has 0 radical (unpaired) electrons. The maximum atomic E-state index is 13.4. The van der Waals surface area contributed by atoms with E-state index in [1.807, 2.05) is 25.1 Å². The van der Waals surface area contributed by atoms with E-state index >= 15 is 0 Å². The van der Waals surface area contributed by atoms with E-state index in [4.69, 9.17) is 0 Å². The second-order valence-electron chi connectivity index (χ2n) is 9.96. The number of rotatable bonds is 4. The van der Waals surface area contributed by atoms with Crippen molar-refractivity contribution in [2.24, 2.45) is 0 Å². The molecule has 2 aromatic carbocycles. The van der Waals surface area contributed by atoms with Crippen molar-refractivity contribution in [3.8, 4) is 0 Å². The van der Waals surface area contributed by atoms with E-state index in [1.54, 1.807) is 48.8 Å². The SMILES string of the molecule is CC(=O)Nc1ccc(N2C(=O)C(=O)/C(=C(/O)c3cc(C(C)(C)C)ccc3C)C2c2ccncc2)cc1. The molecule has 2 amide bonds. The van der Waals surface area contributed by atoms with Crippen LogP contribution in [0, 0.1) is 6.92 Å². The number of nitrogens with one attached hydrogen (secondary N) is 1. The minimum atomic E-state index is -0.850. The van der Waals surface area contributed by atoms with Gasteiger partial charge < -0.3 is 10.4 Å². The number of nitrogens with zero attached hydrogens (tertiary/aromatic N) is 2. The average molecular weight is 484 g/mol. The summed E-state index contributed by atoms with van der Waals surface area (Å²) in [6.45, 7) is 9.48. The highest BCUT2D eigenvalue weighted by atomic mass is 16.3. The molecule has 1 aromatic heterocycles. The number of aromatic nitrogens is 1. The third-order valence-electron chi connectivity index (χ3n) is 6.29. The molecule has 2 heterocycles. The van der Waals surface area contributed by atoms with Gasteiger partial charge in [0, 0.05) is 36.3 Å². The fourth-order valence-corrected chi connectivity index (χ4v) is 4.36. The van der Waals surface area contributed by atoms with Gasteiger partial charge in [0.1, 0.15) is 5.76 Å². The highest BCUT2D eigenvalue weighted by molar-refractivity contribution is 6.51. The van der Waals surface area contributed by atoms with E-state index < -0.39 is 17.7 Å². The zero-order valence-corrected chi connectivity index (χ0v) is 21.0. The Hall–Kier alpha value is -4.26. The van der Waals surface area contributed by atoms with Crippen LogP contribution in [-0.2, 0) is 19.8 Å². The first kappa shape index (κ1) is 24.9. The summed E-state index contributed by atoms with van der Waals surface area (Å²) in [4.78, 5) is 43.6. The maximum Gasteiger partial charge on any atom is 0.300 e. The Kier molecular flexibility index (Phi) is 6.50. The van der Waals surface area contributed by atoms with Crippen LogP contribution in [0.4, 0.5) is 11.4 Å². The second kappa shape index (κ2) is 9.41. The number of Topliss-reactive ketones (excluding diaryl/α,β-unsaturated/α-hetero) is 1. The van der Waals surface area contributed by atoms with Crippen LogP contribution >= 0.6 is 0 Å². The van der Waals surface area contributed by atoms with E-state index in [1.165, 1.54) is 11.8 Å². The summed E-state index contributed by atoms with van der Waals surface area (Å²) >= 11 is 0. The summed E-state index contributed by atoms with van der Waals surface area (Å²) in [6, 6.07) is 15.0. The second-order valence-corrected chi connectivity index (χ2v) is 9.96. The minimum absolute atomic E-state index is 0.0197. The molecule has 7 heteroatoms. The fourth-order valence-electron chi connectivity index (χ4n) is 4.36. The summed E-state index contributed by atoms with van der Waals surface area (Å²) in [5.74, 6) is -1.93. The number of ketones is 1. The normalized spacial score (nSPS) is 17.4. The van der Waals surface area contributed by atoms with Crippen molar-refractivity contribution in [3.63, 3.8) is 0 Å². The zero-order valence-electron chi connectivity index (χ0n) is 21.0. The number of hydrogen-bond acceptors (Lipinski definition) is 5. The van der Waals surface area contributed by atoms with Crippen molar-refractivity contribution >= 4 is 34.7 Å². The summed E-state index contributed by atoms with van der Waals surface area (Å²) in [6.07, 6.45) is 3.17. The summed E-state index contributed by atoms with van der Waals surface area (Å²) in [5.41, 5.74) is 3.82. The van der Waals surface area contributed by atoms with Gasteiger partial charge in [0.05, 0.1) is 11.6 Å². The lowest BCUT2D eigenvalue weighted by atomic mass is 9.84. The van der Waals surface area contributed by atoms with Crippen LogP contribution < -0.4 is 10.2 Å². The predicted molar refractivity (Wildman–Crippen MR) is 140 cm³/mol. The Labute approximate surface area is 210 Å². The average Bonchev–Trinajstić information content (AvgIpc) is 3.09. The Balaban J connectivity index is 1.90. The van der Waals surface area contributed by atoms with Crippen LogP contribution in [0.1, 0.15) is 56.0 Å². The van der Waals surface area contributed by atoms with Gasteiger partial charge in [-0.05, 0) is 71.5 Å². The molecule has 36 heavy (non-hydrogen) atoms. The Morgan fingerprint density at radius 3 is 2.22 bits per heavy atom. The summed E-state index contributed by atoms with van der Waals surface area (Å²) < 4.78 is 0. The molecule has 3 aromatic rings. The molecule has 0 aliphatic carbocycles. The van der Waals surface area contributed by atoms with Crippen LogP contribution in [-0.4, -0.2) is 27.7 Å². The van der Waals surface area contributed by atoms with Crippen LogP contribution in [0.25, 0.3) is 5.76 Å². The fraction of sp³-hybridized carbons (Fsp3) is 0.241. The number of anilines is 2. The lowest BCUT2D eigenvalue weighted by Crippen LogP contribution is -2.29. The van der Waals surface area contributed by atoms with E-state index in [0.29, 0.717) is 22.5 Å². The Bertz CT molecular complexity index is 1370. The number of amides is 2. The molecule has 0 saturated carbocycles. The van der Waals surface area contributed by atoms with Crippen molar-refractivity contribution in [2.75, 3.05) is 10.2 Å². The van der Waals surface area contributed by atoms with Crippen LogP contribution in [0.5, 0.6) is 0 Å². The van der Waals surface area contributed by atoms with Gasteiger partial charge in [0.15, 0.2) is 0 Å². The molecule has 7 nitrogen and oxygen atoms in total. The van der Waals surface area contributed by atoms with Crippen LogP contribution in [0.3, 0.4) is 0 Å². The van der Waals surface area contributed by atoms with Gasteiger partial charge in [0.2, 0.25) is 5.91 Å². The third-order valence-corrected chi connectivity index (χ3v) is 6.29. The van der Waals surface area contributed by atoms with Gasteiger partial charge in [-0.1, -0.05) is 32.9 Å². The van der Waals surface area contributed by atoms with Crippen molar-refractivity contribution < 1.29 is 19.5 Å². The van der Waals surface area contributed by atoms with Gasteiger partial charge in [-0.2, -0.15) is 0 Å². The number of aliphatic hydroxyl groups is 1. The van der Waals surface area contributed by atoms with Gasteiger partial charge in [-0.15, -0.1) is 0 Å². The largest absolute Gasteiger partial charge is 0.507 e. The zero-order chi connectivity index (χ0) is 26.2. The molecule has 4 rings (SSSR count). The number of aryl methyl sites for hydroxylation is 1. The first-order valence-corrected chi connectivity index (χ1v) is 11.7. The monoisotopic (exact) mass is 483 g/mol. The first-order valence-electron chi connectivity index (χ1n) is 11.7. The third kappa shape index (κ3) is 4.64. The molecule has 184 valence electrons. The highest BCUT2D eigenvalue weighted by Gasteiger charge is 2.47. The van der Waals surface area contributed by atoms with Crippen molar-refractivity contribution in [1.29, 1.82) is 0 Å². The van der Waals surface area contributed by atoms with E-state index in [-0.39, 0.29) is 22.7 Å². The lowest BCUT2D eigenvalue weighted by molar-refractivity contribution is -0.132. The van der Waals surface area contributed by atoms with Gasteiger partial charge in [-0.3, -0.25) is 24.3 Å². The van der Waals surface area contributed by atoms with Crippen LogP contribution in [0.15, 0.2) is 72.6 Å². The lowest BCUT2D eigenvalue weighted by Gasteiger charge is -2.26. The molecule has 1 atom stereocenters. The van der Waals surface area contributed by atoms with E-state index in [2.05, 4.69) is 31.1 Å².